The van der Waals surface area contributed by atoms with Gasteiger partial charge in [0.25, 0.3) is 0 Å². The van der Waals surface area contributed by atoms with Crippen LogP contribution in [0.4, 0.5) is 0 Å². The highest BCUT2D eigenvalue weighted by atomic mass is 32.2. The van der Waals surface area contributed by atoms with Gasteiger partial charge in [-0.15, -0.1) is 35.3 Å². The van der Waals surface area contributed by atoms with Crippen LogP contribution in [0.5, 0.6) is 5.75 Å². The Morgan fingerprint density at radius 2 is 1.97 bits per heavy atom. The zero-order chi connectivity index (χ0) is 20.9. The molecule has 0 spiro atoms. The van der Waals surface area contributed by atoms with Crippen molar-refractivity contribution in [1.29, 1.82) is 0 Å². The first-order chi connectivity index (χ1) is 14.1. The molecular formula is C23H24O3S3. The molecule has 0 fully saturated rings. The van der Waals surface area contributed by atoms with Gasteiger partial charge in [0.15, 0.2) is 0 Å². The molecule has 0 amide bonds. The van der Waals surface area contributed by atoms with E-state index >= 15 is 0 Å². The average molecular weight is 445 g/mol. The number of ether oxygens (including phenoxy) is 2. The summed E-state index contributed by atoms with van der Waals surface area (Å²) >= 11 is 5.38. The molecule has 2 aromatic rings. The van der Waals surface area contributed by atoms with E-state index in [0.717, 1.165) is 34.8 Å². The molecule has 0 radical (unpaired) electrons. The number of fused-ring (bicyclic) bond motifs is 1. The number of carbonyl (C=O) groups is 1. The van der Waals surface area contributed by atoms with Gasteiger partial charge in [-0.05, 0) is 56.0 Å². The quantitative estimate of drug-likeness (QED) is 0.257. The maximum Gasteiger partial charge on any atom is 0.338 e. The summed E-state index contributed by atoms with van der Waals surface area (Å²) < 4.78 is 11.0. The van der Waals surface area contributed by atoms with Crippen LogP contribution >= 0.6 is 35.3 Å². The van der Waals surface area contributed by atoms with Gasteiger partial charge < -0.3 is 9.47 Å². The van der Waals surface area contributed by atoms with E-state index in [1.54, 1.807) is 30.8 Å². The minimum Gasteiger partial charge on any atom is -0.493 e. The Balaban J connectivity index is 2.01. The standard InChI is InChI=1S/C23H24O3S3/c1-5-25-22(24)18-8-6-7-16(13-18)9-10-17-14-19-20(15-21(17)27-2)26-12-11-23(19,28-3)29-4/h6-8,13-15H,5,11-12H2,1-4H3. The van der Waals surface area contributed by atoms with Crippen molar-refractivity contribution >= 4 is 41.3 Å². The Hall–Kier alpha value is -1.68. The van der Waals surface area contributed by atoms with Gasteiger partial charge in [-0.25, -0.2) is 4.79 Å². The number of esters is 1. The Morgan fingerprint density at radius 1 is 1.17 bits per heavy atom. The van der Waals surface area contributed by atoms with E-state index in [9.17, 15) is 4.79 Å². The molecule has 3 rings (SSSR count). The van der Waals surface area contributed by atoms with Gasteiger partial charge in [0, 0.05) is 28.0 Å². The Morgan fingerprint density at radius 3 is 2.66 bits per heavy atom. The summed E-state index contributed by atoms with van der Waals surface area (Å²) in [4.78, 5) is 13.1. The maximum absolute atomic E-state index is 12.0. The lowest BCUT2D eigenvalue weighted by Crippen LogP contribution is -2.26. The molecule has 6 heteroatoms. The second-order valence-corrected chi connectivity index (χ2v) is 9.68. The van der Waals surface area contributed by atoms with Crippen LogP contribution in [-0.2, 0) is 8.82 Å². The van der Waals surface area contributed by atoms with E-state index in [2.05, 4.69) is 36.5 Å². The van der Waals surface area contributed by atoms with Gasteiger partial charge in [0.2, 0.25) is 0 Å². The predicted octanol–water partition coefficient (Wildman–Crippen LogP) is 5.65. The molecule has 29 heavy (non-hydrogen) atoms. The number of hydrogen-bond acceptors (Lipinski definition) is 6. The highest BCUT2D eigenvalue weighted by molar-refractivity contribution is 8.16. The van der Waals surface area contributed by atoms with E-state index in [-0.39, 0.29) is 10.0 Å². The Labute approximate surface area is 185 Å². The van der Waals surface area contributed by atoms with Crippen LogP contribution in [0.15, 0.2) is 41.3 Å². The molecule has 0 aliphatic carbocycles. The highest BCUT2D eigenvalue weighted by Gasteiger charge is 2.37. The summed E-state index contributed by atoms with van der Waals surface area (Å²) in [5.41, 5.74) is 3.49. The zero-order valence-electron chi connectivity index (χ0n) is 17.0. The van der Waals surface area contributed by atoms with Gasteiger partial charge in [-0.3, -0.25) is 0 Å². The van der Waals surface area contributed by atoms with Gasteiger partial charge in [0.1, 0.15) is 5.75 Å². The second-order valence-electron chi connectivity index (χ2n) is 6.36. The molecule has 0 aromatic heterocycles. The summed E-state index contributed by atoms with van der Waals surface area (Å²) in [6.45, 7) is 2.89. The number of rotatable bonds is 5. The van der Waals surface area contributed by atoms with Gasteiger partial charge in [0.05, 0.1) is 22.9 Å². The fourth-order valence-electron chi connectivity index (χ4n) is 3.26. The van der Waals surface area contributed by atoms with Gasteiger partial charge >= 0.3 is 5.97 Å². The van der Waals surface area contributed by atoms with Crippen molar-refractivity contribution in [3.63, 3.8) is 0 Å². The maximum atomic E-state index is 12.0. The normalized spacial score (nSPS) is 14.2. The van der Waals surface area contributed by atoms with Crippen LogP contribution in [0.1, 0.15) is 40.4 Å². The molecule has 0 unspecified atom stereocenters. The third-order valence-corrected chi connectivity index (χ3v) is 8.72. The SMILES string of the molecule is CCOC(=O)c1cccc(C#Cc2cc3c(cc2SC)OCCC3(SC)SC)c1. The minimum atomic E-state index is -0.323. The minimum absolute atomic E-state index is 0.00915. The fraction of sp³-hybridized carbons (Fsp3) is 0.348. The molecule has 3 nitrogen and oxygen atoms in total. The van der Waals surface area contributed by atoms with E-state index in [0.29, 0.717) is 12.2 Å². The van der Waals surface area contributed by atoms with E-state index < -0.39 is 0 Å². The fourth-order valence-corrected chi connectivity index (χ4v) is 5.82. The average Bonchev–Trinajstić information content (AvgIpc) is 2.77. The third-order valence-electron chi connectivity index (χ3n) is 4.78. The first kappa shape index (κ1) is 22.0. The second kappa shape index (κ2) is 9.88. The summed E-state index contributed by atoms with van der Waals surface area (Å²) in [7, 11) is 0. The van der Waals surface area contributed by atoms with Crippen LogP contribution in [-0.4, -0.2) is 38.0 Å². The smallest absolute Gasteiger partial charge is 0.338 e. The van der Waals surface area contributed by atoms with Crippen molar-refractivity contribution in [3.05, 3.63) is 58.7 Å². The topological polar surface area (TPSA) is 35.5 Å². The molecule has 1 heterocycles. The lowest BCUT2D eigenvalue weighted by molar-refractivity contribution is 0.0526. The molecule has 0 bridgehead atoms. The predicted molar refractivity (Wildman–Crippen MR) is 125 cm³/mol. The van der Waals surface area contributed by atoms with Crippen LogP contribution in [0.2, 0.25) is 0 Å². The van der Waals surface area contributed by atoms with E-state index in [1.165, 1.54) is 5.56 Å². The molecule has 0 atom stereocenters. The van der Waals surface area contributed by atoms with E-state index in [1.807, 2.05) is 41.9 Å². The summed E-state index contributed by atoms with van der Waals surface area (Å²) in [6.07, 6.45) is 7.32. The summed E-state index contributed by atoms with van der Waals surface area (Å²) in [5.74, 6) is 7.17. The molecule has 0 saturated heterocycles. The van der Waals surface area contributed by atoms with Crippen LogP contribution in [0.25, 0.3) is 0 Å². The lowest BCUT2D eigenvalue weighted by atomic mass is 10.0. The van der Waals surface area contributed by atoms with Crippen molar-refractivity contribution in [2.24, 2.45) is 0 Å². The lowest BCUT2D eigenvalue weighted by Gasteiger charge is -2.36. The molecule has 2 aromatic carbocycles. The number of carbonyl (C=O) groups excluding carboxylic acids is 1. The van der Waals surface area contributed by atoms with Gasteiger partial charge in [-0.1, -0.05) is 17.9 Å². The van der Waals surface area contributed by atoms with Crippen molar-refractivity contribution in [2.75, 3.05) is 32.0 Å². The van der Waals surface area contributed by atoms with Crippen LogP contribution in [0, 0.1) is 11.8 Å². The number of benzene rings is 2. The largest absolute Gasteiger partial charge is 0.493 e. The van der Waals surface area contributed by atoms with Crippen molar-refractivity contribution in [3.8, 4) is 17.6 Å². The van der Waals surface area contributed by atoms with Gasteiger partial charge in [-0.2, -0.15) is 0 Å². The Bertz CT molecular complexity index is 956. The van der Waals surface area contributed by atoms with Crippen molar-refractivity contribution in [2.45, 2.75) is 22.3 Å². The molecule has 152 valence electrons. The molecule has 1 aliphatic heterocycles. The highest BCUT2D eigenvalue weighted by Crippen LogP contribution is 2.53. The van der Waals surface area contributed by atoms with Crippen LogP contribution in [0.3, 0.4) is 0 Å². The first-order valence-electron chi connectivity index (χ1n) is 9.31. The Kier molecular flexibility index (Phi) is 7.50. The van der Waals surface area contributed by atoms with Crippen LogP contribution < -0.4 is 4.74 Å². The van der Waals surface area contributed by atoms with Crippen molar-refractivity contribution in [1.82, 2.24) is 0 Å². The zero-order valence-corrected chi connectivity index (χ0v) is 19.5. The number of hydrogen-bond donors (Lipinski definition) is 0. The molecular weight excluding hydrogens is 420 g/mol. The van der Waals surface area contributed by atoms with Crippen molar-refractivity contribution < 1.29 is 14.3 Å². The number of thioether (sulfide) groups is 3. The molecule has 0 N–H and O–H groups in total. The monoisotopic (exact) mass is 444 g/mol. The third kappa shape index (κ3) is 4.74. The van der Waals surface area contributed by atoms with E-state index in [4.69, 9.17) is 9.47 Å². The first-order valence-corrected chi connectivity index (χ1v) is 13.0. The molecule has 1 aliphatic rings. The summed E-state index contributed by atoms with van der Waals surface area (Å²) in [5, 5.41) is 0. The molecule has 0 saturated carbocycles. The summed E-state index contributed by atoms with van der Waals surface area (Å²) in [6, 6.07) is 11.6.